The summed E-state index contributed by atoms with van der Waals surface area (Å²) >= 11 is 0. The molecule has 0 aliphatic carbocycles. The molecule has 0 aliphatic rings. The van der Waals surface area contributed by atoms with Crippen molar-refractivity contribution in [1.29, 1.82) is 0 Å². The number of hydrogen-bond donors (Lipinski definition) is 3. The number of carboxylic acids is 1. The Kier molecular flexibility index (Phi) is 6.41. The number of aliphatic carboxylic acids is 1. The van der Waals surface area contributed by atoms with Crippen molar-refractivity contribution in [2.75, 3.05) is 6.61 Å². The second kappa shape index (κ2) is 7.00. The zero-order chi connectivity index (χ0) is 12.7. The zero-order valence-electron chi connectivity index (χ0n) is 9.91. The van der Waals surface area contributed by atoms with Gasteiger partial charge in [0.05, 0.1) is 0 Å². The smallest absolute Gasteiger partial charge is 0.331 e. The van der Waals surface area contributed by atoms with Crippen LogP contribution in [0.4, 0.5) is 0 Å². The molecule has 3 N–H and O–H groups in total. The molecule has 0 saturated heterocycles. The van der Waals surface area contributed by atoms with Gasteiger partial charge in [-0.1, -0.05) is 6.92 Å². The van der Waals surface area contributed by atoms with Crippen molar-refractivity contribution in [3.05, 3.63) is 11.1 Å². The van der Waals surface area contributed by atoms with Gasteiger partial charge in [-0.25, -0.2) is 4.79 Å². The highest BCUT2D eigenvalue weighted by Gasteiger charge is 2.15. The molecule has 0 radical (unpaired) electrons. The Morgan fingerprint density at radius 2 is 1.81 bits per heavy atom. The van der Waals surface area contributed by atoms with E-state index in [2.05, 4.69) is 5.32 Å². The summed E-state index contributed by atoms with van der Waals surface area (Å²) in [4.78, 5) is 22.3. The molecule has 0 heterocycles. The summed E-state index contributed by atoms with van der Waals surface area (Å²) in [6, 6.07) is -0.117. The molecule has 16 heavy (non-hydrogen) atoms. The minimum atomic E-state index is -1.09. The second-order valence-corrected chi connectivity index (χ2v) is 3.65. The van der Waals surface area contributed by atoms with Gasteiger partial charge < -0.3 is 15.5 Å². The summed E-state index contributed by atoms with van der Waals surface area (Å²) in [6.07, 6.45) is 1.17. The number of carboxylic acid groups (broad SMARTS) is 1. The second-order valence-electron chi connectivity index (χ2n) is 3.65. The van der Waals surface area contributed by atoms with Crippen LogP contribution in [0.15, 0.2) is 11.1 Å². The van der Waals surface area contributed by atoms with Crippen LogP contribution in [-0.2, 0) is 9.59 Å². The van der Waals surface area contributed by atoms with E-state index in [0.717, 1.165) is 0 Å². The van der Waals surface area contributed by atoms with Crippen molar-refractivity contribution >= 4 is 11.9 Å². The van der Waals surface area contributed by atoms with Gasteiger partial charge in [0, 0.05) is 23.8 Å². The number of aliphatic hydroxyl groups excluding tert-OH is 1. The summed E-state index contributed by atoms with van der Waals surface area (Å²) in [5, 5.41) is 20.2. The van der Waals surface area contributed by atoms with Crippen LogP contribution in [0.2, 0.25) is 0 Å². The molecule has 0 aliphatic heterocycles. The molecule has 0 aromatic rings. The lowest BCUT2D eigenvalue weighted by Crippen LogP contribution is -2.36. The zero-order valence-corrected chi connectivity index (χ0v) is 9.91. The van der Waals surface area contributed by atoms with E-state index in [1.807, 2.05) is 6.92 Å². The first-order chi connectivity index (χ1) is 7.43. The molecular formula is C11H19NO4. The van der Waals surface area contributed by atoms with E-state index in [1.165, 1.54) is 13.8 Å². The number of carbonyl (C=O) groups excluding carboxylic acids is 1. The molecule has 92 valence electrons. The fraction of sp³-hybridized carbons (Fsp3) is 0.636. The van der Waals surface area contributed by atoms with E-state index in [0.29, 0.717) is 12.8 Å². The number of aliphatic hydroxyl groups is 1. The van der Waals surface area contributed by atoms with E-state index in [1.54, 1.807) is 0 Å². The SMILES string of the molecule is CCC(CCO)NC(=O)C(C)=C(C)C(=O)O. The van der Waals surface area contributed by atoms with Gasteiger partial charge in [0.25, 0.3) is 0 Å². The maximum atomic E-state index is 11.6. The number of amides is 1. The third-order valence-corrected chi connectivity index (χ3v) is 2.53. The predicted molar refractivity (Wildman–Crippen MR) is 59.9 cm³/mol. The summed E-state index contributed by atoms with van der Waals surface area (Å²) in [6.45, 7) is 4.76. The van der Waals surface area contributed by atoms with Crippen molar-refractivity contribution in [1.82, 2.24) is 5.32 Å². The lowest BCUT2D eigenvalue weighted by molar-refractivity contribution is -0.133. The molecule has 0 saturated carbocycles. The summed E-state index contributed by atoms with van der Waals surface area (Å²) in [7, 11) is 0. The van der Waals surface area contributed by atoms with Crippen LogP contribution in [-0.4, -0.2) is 34.7 Å². The average Bonchev–Trinajstić information content (AvgIpc) is 2.25. The monoisotopic (exact) mass is 229 g/mol. The maximum absolute atomic E-state index is 11.6. The molecule has 1 unspecified atom stereocenters. The van der Waals surface area contributed by atoms with Gasteiger partial charge in [-0.3, -0.25) is 4.79 Å². The van der Waals surface area contributed by atoms with Crippen molar-refractivity contribution in [3.63, 3.8) is 0 Å². The minimum absolute atomic E-state index is 0.000534. The molecule has 0 bridgehead atoms. The van der Waals surface area contributed by atoms with Gasteiger partial charge in [-0.2, -0.15) is 0 Å². The molecule has 0 rings (SSSR count). The number of nitrogens with one attached hydrogen (secondary N) is 1. The standard InChI is InChI=1S/C11H19NO4/c1-4-9(5-6-13)12-10(14)7(2)8(3)11(15)16/h9,13H,4-6H2,1-3H3,(H,12,14)(H,15,16). The van der Waals surface area contributed by atoms with Crippen LogP contribution in [0.5, 0.6) is 0 Å². The molecule has 5 nitrogen and oxygen atoms in total. The maximum Gasteiger partial charge on any atom is 0.331 e. The van der Waals surface area contributed by atoms with Gasteiger partial charge >= 0.3 is 5.97 Å². The highest BCUT2D eigenvalue weighted by Crippen LogP contribution is 2.05. The predicted octanol–water partition coefficient (Wildman–Crippen LogP) is 0.685. The van der Waals surface area contributed by atoms with E-state index >= 15 is 0 Å². The molecule has 1 atom stereocenters. The van der Waals surface area contributed by atoms with Gasteiger partial charge in [0.1, 0.15) is 0 Å². The summed E-state index contributed by atoms with van der Waals surface area (Å²) in [5.74, 6) is -1.48. The Morgan fingerprint density at radius 1 is 1.25 bits per heavy atom. The quantitative estimate of drug-likeness (QED) is 0.585. The minimum Gasteiger partial charge on any atom is -0.478 e. The fourth-order valence-corrected chi connectivity index (χ4v) is 1.16. The number of rotatable bonds is 6. The Balaban J connectivity index is 4.57. The van der Waals surface area contributed by atoms with Crippen LogP contribution in [0.25, 0.3) is 0 Å². The average molecular weight is 229 g/mol. The fourth-order valence-electron chi connectivity index (χ4n) is 1.16. The third-order valence-electron chi connectivity index (χ3n) is 2.53. The molecule has 0 fully saturated rings. The number of hydrogen-bond acceptors (Lipinski definition) is 3. The van der Waals surface area contributed by atoms with E-state index in [-0.39, 0.29) is 29.7 Å². The first-order valence-corrected chi connectivity index (χ1v) is 5.26. The molecular weight excluding hydrogens is 210 g/mol. The number of carbonyl (C=O) groups is 2. The highest BCUT2D eigenvalue weighted by molar-refractivity contribution is 6.01. The van der Waals surface area contributed by atoms with Crippen molar-refractivity contribution in [3.8, 4) is 0 Å². The van der Waals surface area contributed by atoms with Gasteiger partial charge in [-0.15, -0.1) is 0 Å². The van der Waals surface area contributed by atoms with Crippen LogP contribution >= 0.6 is 0 Å². The molecule has 1 amide bonds. The summed E-state index contributed by atoms with van der Waals surface area (Å²) < 4.78 is 0. The highest BCUT2D eigenvalue weighted by atomic mass is 16.4. The lowest BCUT2D eigenvalue weighted by atomic mass is 10.1. The normalized spacial score (nSPS) is 14.0. The Morgan fingerprint density at radius 3 is 2.19 bits per heavy atom. The van der Waals surface area contributed by atoms with Crippen molar-refractivity contribution in [2.24, 2.45) is 0 Å². The van der Waals surface area contributed by atoms with Crippen molar-refractivity contribution in [2.45, 2.75) is 39.7 Å². The van der Waals surface area contributed by atoms with Crippen LogP contribution < -0.4 is 5.32 Å². The Labute approximate surface area is 95.2 Å². The largest absolute Gasteiger partial charge is 0.478 e. The lowest BCUT2D eigenvalue weighted by Gasteiger charge is -2.16. The molecule has 0 aromatic carbocycles. The molecule has 5 heteroatoms. The molecule has 0 aromatic heterocycles. The molecule has 0 spiro atoms. The van der Waals surface area contributed by atoms with E-state index < -0.39 is 5.97 Å². The van der Waals surface area contributed by atoms with Gasteiger partial charge in [-0.05, 0) is 26.7 Å². The van der Waals surface area contributed by atoms with E-state index in [9.17, 15) is 9.59 Å². The van der Waals surface area contributed by atoms with Gasteiger partial charge in [0.15, 0.2) is 0 Å². The third kappa shape index (κ3) is 4.44. The summed E-state index contributed by atoms with van der Waals surface area (Å²) in [5.41, 5.74) is 0.236. The Hall–Kier alpha value is -1.36. The van der Waals surface area contributed by atoms with Crippen LogP contribution in [0.1, 0.15) is 33.6 Å². The van der Waals surface area contributed by atoms with Crippen LogP contribution in [0, 0.1) is 0 Å². The topological polar surface area (TPSA) is 86.6 Å². The van der Waals surface area contributed by atoms with E-state index in [4.69, 9.17) is 10.2 Å². The first kappa shape index (κ1) is 14.6. The Bertz CT molecular complexity index is 296. The van der Waals surface area contributed by atoms with Crippen molar-refractivity contribution < 1.29 is 19.8 Å². The van der Waals surface area contributed by atoms with Crippen LogP contribution in [0.3, 0.4) is 0 Å². The van der Waals surface area contributed by atoms with Gasteiger partial charge in [0.2, 0.25) is 5.91 Å². The first-order valence-electron chi connectivity index (χ1n) is 5.26.